The van der Waals surface area contributed by atoms with Crippen molar-refractivity contribution in [3.8, 4) is 0 Å². The number of hydrogen-bond acceptors (Lipinski definition) is 2. The summed E-state index contributed by atoms with van der Waals surface area (Å²) in [5.41, 5.74) is 3.47. The van der Waals surface area contributed by atoms with Gasteiger partial charge >= 0.3 is 0 Å². The lowest BCUT2D eigenvalue weighted by molar-refractivity contribution is 0.768. The van der Waals surface area contributed by atoms with Crippen molar-refractivity contribution in [2.45, 2.75) is 13.3 Å². The molecule has 0 amide bonds. The van der Waals surface area contributed by atoms with Crippen LogP contribution in [-0.2, 0) is 13.5 Å². The summed E-state index contributed by atoms with van der Waals surface area (Å²) in [7, 11) is 1.91. The largest absolute Gasteiger partial charge is 0.353 e. The van der Waals surface area contributed by atoms with E-state index in [9.17, 15) is 0 Å². The second-order valence-corrected chi connectivity index (χ2v) is 3.58. The normalized spacial score (nSPS) is 10.3. The summed E-state index contributed by atoms with van der Waals surface area (Å²) in [6.45, 7) is 2.16. The Morgan fingerprint density at radius 3 is 2.87 bits per heavy atom. The van der Waals surface area contributed by atoms with Gasteiger partial charge in [0.15, 0.2) is 0 Å². The first-order valence-electron chi connectivity index (χ1n) is 5.12. The summed E-state index contributed by atoms with van der Waals surface area (Å²) in [5.74, 6) is 0. The van der Waals surface area contributed by atoms with Crippen molar-refractivity contribution in [2.24, 2.45) is 7.05 Å². The number of benzene rings is 1. The van der Waals surface area contributed by atoms with E-state index in [0.29, 0.717) is 0 Å². The number of rotatable bonds is 3. The topological polar surface area (TPSA) is 29.9 Å². The summed E-state index contributed by atoms with van der Waals surface area (Å²) in [4.78, 5) is 0. The molecule has 0 radical (unpaired) electrons. The summed E-state index contributed by atoms with van der Waals surface area (Å²) < 4.78 is 1.78. The zero-order valence-electron chi connectivity index (χ0n) is 9.07. The van der Waals surface area contributed by atoms with E-state index in [0.717, 1.165) is 17.8 Å². The lowest BCUT2D eigenvalue weighted by atomic mass is 10.1. The maximum atomic E-state index is 4.11. The van der Waals surface area contributed by atoms with E-state index in [1.807, 2.05) is 19.4 Å². The van der Waals surface area contributed by atoms with Gasteiger partial charge in [-0.1, -0.05) is 19.1 Å². The molecule has 2 aromatic rings. The van der Waals surface area contributed by atoms with E-state index in [-0.39, 0.29) is 0 Å². The molecule has 1 aromatic carbocycles. The van der Waals surface area contributed by atoms with E-state index in [2.05, 4.69) is 41.6 Å². The third-order valence-electron chi connectivity index (χ3n) is 2.33. The monoisotopic (exact) mass is 201 g/mol. The van der Waals surface area contributed by atoms with E-state index in [1.165, 1.54) is 5.56 Å². The van der Waals surface area contributed by atoms with Gasteiger partial charge in [0, 0.05) is 18.9 Å². The lowest BCUT2D eigenvalue weighted by Gasteiger charge is -2.04. The number of nitrogens with one attached hydrogen (secondary N) is 1. The molecule has 3 heteroatoms. The van der Waals surface area contributed by atoms with Crippen LogP contribution in [0, 0.1) is 0 Å². The lowest BCUT2D eigenvalue weighted by Crippen LogP contribution is -1.90. The SMILES string of the molecule is CCc1cccc(Nc2cnn(C)c2)c1. The molecule has 3 nitrogen and oxygen atoms in total. The van der Waals surface area contributed by atoms with Gasteiger partial charge in [-0.2, -0.15) is 5.10 Å². The standard InChI is InChI=1S/C12H15N3/c1-3-10-5-4-6-11(7-10)14-12-8-13-15(2)9-12/h4-9,14H,3H2,1-2H3. The van der Waals surface area contributed by atoms with Gasteiger partial charge in [-0.25, -0.2) is 0 Å². The molecule has 0 saturated heterocycles. The minimum atomic E-state index is 1.02. The van der Waals surface area contributed by atoms with Crippen molar-refractivity contribution in [3.63, 3.8) is 0 Å². The molecule has 1 heterocycles. The molecule has 0 aliphatic carbocycles. The number of aryl methyl sites for hydroxylation is 2. The highest BCUT2D eigenvalue weighted by Gasteiger charge is 1.97. The fraction of sp³-hybridized carbons (Fsp3) is 0.250. The molecule has 15 heavy (non-hydrogen) atoms. The van der Waals surface area contributed by atoms with Gasteiger partial charge in [0.1, 0.15) is 0 Å². The third-order valence-corrected chi connectivity index (χ3v) is 2.33. The highest BCUT2D eigenvalue weighted by atomic mass is 15.3. The number of aromatic nitrogens is 2. The second kappa shape index (κ2) is 4.17. The molecular formula is C12H15N3. The van der Waals surface area contributed by atoms with Crippen LogP contribution in [0.5, 0.6) is 0 Å². The van der Waals surface area contributed by atoms with Crippen LogP contribution in [-0.4, -0.2) is 9.78 Å². The van der Waals surface area contributed by atoms with Gasteiger partial charge < -0.3 is 5.32 Å². The molecule has 0 atom stereocenters. The van der Waals surface area contributed by atoms with Gasteiger partial charge in [-0.3, -0.25) is 4.68 Å². The molecule has 0 fully saturated rings. The zero-order valence-corrected chi connectivity index (χ0v) is 9.07. The first-order chi connectivity index (χ1) is 7.28. The smallest absolute Gasteiger partial charge is 0.0770 e. The maximum absolute atomic E-state index is 4.11. The fourth-order valence-corrected chi connectivity index (χ4v) is 1.52. The van der Waals surface area contributed by atoms with Crippen LogP contribution in [0.4, 0.5) is 11.4 Å². The summed E-state index contributed by atoms with van der Waals surface area (Å²) >= 11 is 0. The van der Waals surface area contributed by atoms with Crippen molar-refractivity contribution < 1.29 is 0 Å². The first kappa shape index (κ1) is 9.77. The Hall–Kier alpha value is -1.77. The average Bonchev–Trinajstić information content (AvgIpc) is 2.64. The molecule has 0 aliphatic rings. The van der Waals surface area contributed by atoms with Crippen LogP contribution in [0.3, 0.4) is 0 Å². The predicted octanol–water partition coefficient (Wildman–Crippen LogP) is 2.73. The zero-order chi connectivity index (χ0) is 10.7. The Bertz CT molecular complexity index is 446. The van der Waals surface area contributed by atoms with Crippen molar-refractivity contribution in [1.82, 2.24) is 9.78 Å². The van der Waals surface area contributed by atoms with Crippen molar-refractivity contribution >= 4 is 11.4 Å². The number of hydrogen-bond donors (Lipinski definition) is 1. The van der Waals surface area contributed by atoms with Crippen molar-refractivity contribution in [3.05, 3.63) is 42.2 Å². The quantitative estimate of drug-likeness (QED) is 0.827. The minimum absolute atomic E-state index is 1.02. The van der Waals surface area contributed by atoms with Crippen LogP contribution in [0.1, 0.15) is 12.5 Å². The summed E-state index contributed by atoms with van der Waals surface area (Å²) in [6.07, 6.45) is 4.83. The third kappa shape index (κ3) is 2.37. The van der Waals surface area contributed by atoms with Gasteiger partial charge in [0.25, 0.3) is 0 Å². The molecular weight excluding hydrogens is 186 g/mol. The van der Waals surface area contributed by atoms with E-state index >= 15 is 0 Å². The number of nitrogens with zero attached hydrogens (tertiary/aromatic N) is 2. The molecule has 78 valence electrons. The van der Waals surface area contributed by atoms with Crippen molar-refractivity contribution in [2.75, 3.05) is 5.32 Å². The average molecular weight is 201 g/mol. The van der Waals surface area contributed by atoms with Gasteiger partial charge in [0.2, 0.25) is 0 Å². The Morgan fingerprint density at radius 1 is 1.33 bits per heavy atom. The Balaban J connectivity index is 2.16. The van der Waals surface area contributed by atoms with Gasteiger partial charge in [0.05, 0.1) is 11.9 Å². The molecule has 1 N–H and O–H groups in total. The van der Waals surface area contributed by atoms with E-state index in [4.69, 9.17) is 0 Å². The molecule has 0 aliphatic heterocycles. The van der Waals surface area contributed by atoms with Crippen LogP contribution >= 0.6 is 0 Å². The fourth-order valence-electron chi connectivity index (χ4n) is 1.52. The van der Waals surface area contributed by atoms with Crippen LogP contribution < -0.4 is 5.32 Å². The Labute approximate surface area is 89.7 Å². The van der Waals surface area contributed by atoms with E-state index in [1.54, 1.807) is 4.68 Å². The van der Waals surface area contributed by atoms with E-state index < -0.39 is 0 Å². The predicted molar refractivity (Wildman–Crippen MR) is 62.3 cm³/mol. The summed E-state index contributed by atoms with van der Waals surface area (Å²) in [6, 6.07) is 8.42. The summed E-state index contributed by atoms with van der Waals surface area (Å²) in [5, 5.41) is 7.43. The van der Waals surface area contributed by atoms with Crippen LogP contribution in [0.25, 0.3) is 0 Å². The first-order valence-corrected chi connectivity index (χ1v) is 5.12. The van der Waals surface area contributed by atoms with Gasteiger partial charge in [-0.15, -0.1) is 0 Å². The number of anilines is 2. The minimum Gasteiger partial charge on any atom is -0.353 e. The Morgan fingerprint density at radius 2 is 2.20 bits per heavy atom. The van der Waals surface area contributed by atoms with Crippen LogP contribution in [0.15, 0.2) is 36.7 Å². The molecule has 0 unspecified atom stereocenters. The highest BCUT2D eigenvalue weighted by molar-refractivity contribution is 5.58. The highest BCUT2D eigenvalue weighted by Crippen LogP contribution is 2.16. The Kier molecular flexibility index (Phi) is 2.72. The molecule has 0 bridgehead atoms. The molecule has 2 rings (SSSR count). The van der Waals surface area contributed by atoms with Crippen LogP contribution in [0.2, 0.25) is 0 Å². The molecule has 1 aromatic heterocycles. The molecule has 0 saturated carbocycles. The van der Waals surface area contributed by atoms with Crippen molar-refractivity contribution in [1.29, 1.82) is 0 Å². The maximum Gasteiger partial charge on any atom is 0.0770 e. The molecule has 0 spiro atoms. The second-order valence-electron chi connectivity index (χ2n) is 3.58. The van der Waals surface area contributed by atoms with Gasteiger partial charge in [-0.05, 0) is 24.1 Å².